The van der Waals surface area contributed by atoms with Gasteiger partial charge in [-0.15, -0.1) is 10.2 Å². The number of hydrogen-bond donors (Lipinski definition) is 1. The molecule has 2 aromatic rings. The quantitative estimate of drug-likeness (QED) is 0.571. The first-order chi connectivity index (χ1) is 12.5. The maximum Gasteiger partial charge on any atom is 0.339 e. The molecule has 1 aromatic carbocycles. The van der Waals surface area contributed by atoms with Crippen molar-refractivity contribution in [1.29, 1.82) is 0 Å². The summed E-state index contributed by atoms with van der Waals surface area (Å²) in [5, 5.41) is 11.0. The molecule has 10 heteroatoms. The number of amides is 1. The minimum Gasteiger partial charge on any atom is -0.465 e. The molecule has 0 aliphatic heterocycles. The van der Waals surface area contributed by atoms with E-state index in [1.54, 1.807) is 10.9 Å². The number of hydrogen-bond acceptors (Lipinski definition) is 8. The molecule has 9 nitrogen and oxygen atoms in total. The highest BCUT2D eigenvalue weighted by Crippen LogP contribution is 2.21. The van der Waals surface area contributed by atoms with E-state index < -0.39 is 11.9 Å². The van der Waals surface area contributed by atoms with E-state index in [1.165, 1.54) is 44.2 Å². The Bertz CT molecular complexity index is 821. The molecular formula is C16H18N4O5S. The first-order valence-electron chi connectivity index (χ1n) is 7.61. The third-order valence-electron chi connectivity index (χ3n) is 3.37. The fourth-order valence-electron chi connectivity index (χ4n) is 2.07. The molecule has 0 atom stereocenters. The van der Waals surface area contributed by atoms with Gasteiger partial charge in [-0.05, 0) is 25.1 Å². The molecule has 0 bridgehead atoms. The molecule has 138 valence electrons. The highest BCUT2D eigenvalue weighted by atomic mass is 32.2. The van der Waals surface area contributed by atoms with Gasteiger partial charge >= 0.3 is 11.9 Å². The van der Waals surface area contributed by atoms with Crippen molar-refractivity contribution in [1.82, 2.24) is 14.8 Å². The van der Waals surface area contributed by atoms with E-state index in [4.69, 9.17) is 4.74 Å². The Labute approximate surface area is 154 Å². The summed E-state index contributed by atoms with van der Waals surface area (Å²) in [4.78, 5) is 35.8. The van der Waals surface area contributed by atoms with Crippen LogP contribution in [0.1, 0.15) is 27.6 Å². The number of benzene rings is 1. The predicted molar refractivity (Wildman–Crippen MR) is 94.2 cm³/mol. The normalized spacial score (nSPS) is 10.3. The van der Waals surface area contributed by atoms with Gasteiger partial charge in [0.2, 0.25) is 5.91 Å². The van der Waals surface area contributed by atoms with Crippen LogP contribution in [0.2, 0.25) is 0 Å². The Morgan fingerprint density at radius 1 is 1.19 bits per heavy atom. The number of anilines is 1. The van der Waals surface area contributed by atoms with Crippen LogP contribution in [-0.2, 0) is 20.8 Å². The number of rotatable bonds is 7. The molecule has 0 fully saturated rings. The fraction of sp³-hybridized carbons (Fsp3) is 0.312. The van der Waals surface area contributed by atoms with E-state index in [2.05, 4.69) is 20.3 Å². The molecule has 0 spiro atoms. The van der Waals surface area contributed by atoms with Crippen LogP contribution in [0.5, 0.6) is 0 Å². The number of ether oxygens (including phenoxy) is 2. The number of nitrogens with one attached hydrogen (secondary N) is 1. The fourth-order valence-corrected chi connectivity index (χ4v) is 2.85. The number of aryl methyl sites for hydroxylation is 1. The van der Waals surface area contributed by atoms with Gasteiger partial charge in [0, 0.05) is 6.54 Å². The Hall–Kier alpha value is -2.88. The van der Waals surface area contributed by atoms with Crippen LogP contribution in [0.4, 0.5) is 5.69 Å². The van der Waals surface area contributed by atoms with Crippen LogP contribution in [0.25, 0.3) is 0 Å². The van der Waals surface area contributed by atoms with Crippen LogP contribution in [0.3, 0.4) is 0 Å². The summed E-state index contributed by atoms with van der Waals surface area (Å²) >= 11 is 1.21. The lowest BCUT2D eigenvalue weighted by Gasteiger charge is -2.11. The van der Waals surface area contributed by atoms with Crippen molar-refractivity contribution >= 4 is 35.3 Å². The lowest BCUT2D eigenvalue weighted by atomic mass is 10.1. The Morgan fingerprint density at radius 2 is 1.92 bits per heavy atom. The number of aromatic nitrogens is 3. The molecule has 1 amide bonds. The molecule has 0 saturated carbocycles. The van der Waals surface area contributed by atoms with Crippen molar-refractivity contribution in [2.45, 2.75) is 18.6 Å². The van der Waals surface area contributed by atoms with Crippen LogP contribution in [0, 0.1) is 0 Å². The first-order valence-corrected chi connectivity index (χ1v) is 8.59. The number of nitrogens with zero attached hydrogens (tertiary/aromatic N) is 3. The van der Waals surface area contributed by atoms with Crippen molar-refractivity contribution < 1.29 is 23.9 Å². The zero-order valence-corrected chi connectivity index (χ0v) is 15.3. The number of esters is 2. The molecule has 26 heavy (non-hydrogen) atoms. The van der Waals surface area contributed by atoms with E-state index in [1.807, 2.05) is 6.92 Å². The third-order valence-corrected chi connectivity index (χ3v) is 4.35. The molecule has 2 rings (SSSR count). The molecule has 1 N–H and O–H groups in total. The van der Waals surface area contributed by atoms with E-state index in [-0.39, 0.29) is 28.5 Å². The number of carbonyl (C=O) groups excluding carboxylic acids is 3. The lowest BCUT2D eigenvalue weighted by Crippen LogP contribution is -2.18. The minimum atomic E-state index is -0.630. The van der Waals surface area contributed by atoms with Crippen molar-refractivity contribution in [2.75, 3.05) is 25.3 Å². The molecule has 0 saturated heterocycles. The van der Waals surface area contributed by atoms with E-state index in [0.717, 1.165) is 0 Å². The average molecular weight is 378 g/mol. The monoisotopic (exact) mass is 378 g/mol. The second-order valence-electron chi connectivity index (χ2n) is 4.98. The molecule has 1 heterocycles. The van der Waals surface area contributed by atoms with Crippen LogP contribution in [0.15, 0.2) is 29.7 Å². The van der Waals surface area contributed by atoms with Gasteiger partial charge in [-0.3, -0.25) is 4.79 Å². The smallest absolute Gasteiger partial charge is 0.339 e. The summed E-state index contributed by atoms with van der Waals surface area (Å²) < 4.78 is 11.2. The summed E-state index contributed by atoms with van der Waals surface area (Å²) in [6.07, 6.45) is 1.58. The summed E-state index contributed by atoms with van der Waals surface area (Å²) in [7, 11) is 2.48. The van der Waals surface area contributed by atoms with Gasteiger partial charge in [-0.2, -0.15) is 0 Å². The topological polar surface area (TPSA) is 112 Å². The van der Waals surface area contributed by atoms with Crippen molar-refractivity contribution in [2.24, 2.45) is 0 Å². The summed E-state index contributed by atoms with van der Waals surface area (Å²) in [6, 6.07) is 4.19. The predicted octanol–water partition coefficient (Wildman–Crippen LogP) is 1.60. The largest absolute Gasteiger partial charge is 0.465 e. The Kier molecular flexibility index (Phi) is 6.73. The highest BCUT2D eigenvalue weighted by Gasteiger charge is 2.18. The van der Waals surface area contributed by atoms with Crippen molar-refractivity contribution in [3.63, 3.8) is 0 Å². The van der Waals surface area contributed by atoms with Gasteiger partial charge in [0.05, 0.1) is 36.8 Å². The first kappa shape index (κ1) is 19.4. The maximum atomic E-state index is 12.3. The van der Waals surface area contributed by atoms with Crippen LogP contribution < -0.4 is 5.32 Å². The number of thioether (sulfide) groups is 1. The van der Waals surface area contributed by atoms with E-state index >= 15 is 0 Å². The lowest BCUT2D eigenvalue weighted by molar-refractivity contribution is -0.113. The second-order valence-corrected chi connectivity index (χ2v) is 5.92. The van der Waals surface area contributed by atoms with Crippen LogP contribution >= 0.6 is 11.8 Å². The SMILES string of the molecule is CCn1cnnc1SCC(=O)Nc1cc(C(=O)OC)ccc1C(=O)OC. The summed E-state index contributed by atoms with van der Waals surface area (Å²) in [6.45, 7) is 2.62. The van der Waals surface area contributed by atoms with Gasteiger partial charge in [-0.25, -0.2) is 9.59 Å². The molecular weight excluding hydrogens is 360 g/mol. The molecule has 0 aliphatic rings. The van der Waals surface area contributed by atoms with E-state index in [9.17, 15) is 14.4 Å². The zero-order valence-electron chi connectivity index (χ0n) is 14.5. The molecule has 0 aliphatic carbocycles. The van der Waals surface area contributed by atoms with Gasteiger partial charge in [0.25, 0.3) is 0 Å². The summed E-state index contributed by atoms with van der Waals surface area (Å²) in [5.41, 5.74) is 0.506. The average Bonchev–Trinajstić information content (AvgIpc) is 3.12. The number of methoxy groups -OCH3 is 2. The van der Waals surface area contributed by atoms with Crippen molar-refractivity contribution in [3.05, 3.63) is 35.7 Å². The van der Waals surface area contributed by atoms with Crippen LogP contribution in [-0.4, -0.2) is 52.6 Å². The third kappa shape index (κ3) is 4.60. The van der Waals surface area contributed by atoms with E-state index in [0.29, 0.717) is 11.7 Å². The van der Waals surface area contributed by atoms with Gasteiger partial charge in [-0.1, -0.05) is 11.8 Å². The maximum absolute atomic E-state index is 12.3. The van der Waals surface area contributed by atoms with Gasteiger partial charge in [0.15, 0.2) is 5.16 Å². The van der Waals surface area contributed by atoms with Gasteiger partial charge < -0.3 is 19.4 Å². The Balaban J connectivity index is 2.15. The van der Waals surface area contributed by atoms with Crippen molar-refractivity contribution in [3.8, 4) is 0 Å². The molecule has 0 unspecified atom stereocenters. The minimum absolute atomic E-state index is 0.0573. The molecule has 1 aromatic heterocycles. The highest BCUT2D eigenvalue weighted by molar-refractivity contribution is 7.99. The Morgan fingerprint density at radius 3 is 2.58 bits per heavy atom. The van der Waals surface area contributed by atoms with Gasteiger partial charge in [0.1, 0.15) is 6.33 Å². The number of carbonyl (C=O) groups is 3. The second kappa shape index (κ2) is 8.99. The summed E-state index contributed by atoms with van der Waals surface area (Å²) in [5.74, 6) is -1.52. The zero-order chi connectivity index (χ0) is 19.1. The standard InChI is InChI=1S/C16H18N4O5S/c1-4-20-9-17-19-16(20)26-8-13(21)18-12-7-10(14(22)24-2)5-6-11(12)15(23)25-3/h5-7,9H,4,8H2,1-3H3,(H,18,21). The molecule has 0 radical (unpaired) electrons.